The van der Waals surface area contributed by atoms with Gasteiger partial charge in [0, 0.05) is 17.7 Å². The molecule has 10 heteroatoms. The lowest BCUT2D eigenvalue weighted by Gasteiger charge is -2.41. The molecular weight excluding hydrogens is 451 g/mol. The minimum atomic E-state index is -1.06. The number of pyridine rings is 2. The third-order valence-electron chi connectivity index (χ3n) is 5.90. The normalized spacial score (nSPS) is 24.6. The third-order valence-corrected chi connectivity index (χ3v) is 5.90. The van der Waals surface area contributed by atoms with E-state index < -0.39 is 64.9 Å². The summed E-state index contributed by atoms with van der Waals surface area (Å²) in [6, 6.07) is 6.66. The molecule has 1 amide bonds. The lowest BCUT2D eigenvalue weighted by molar-refractivity contribution is -0.192. The Morgan fingerprint density at radius 2 is 1.71 bits per heavy atom. The van der Waals surface area contributed by atoms with Crippen molar-refractivity contribution in [2.45, 2.75) is 38.3 Å². The monoisotopic (exact) mass is 473 g/mol. The largest absolute Gasteiger partial charge is 0.390 e. The summed E-state index contributed by atoms with van der Waals surface area (Å²) in [6.07, 6.45) is -0.597. The zero-order valence-electron chi connectivity index (χ0n) is 18.2. The molecule has 1 aromatic carbocycles. The zero-order chi connectivity index (χ0) is 24.6. The van der Waals surface area contributed by atoms with Gasteiger partial charge in [-0.3, -0.25) is 9.78 Å². The number of anilines is 1. The molecular formula is C24H22F3N3O4. The molecule has 3 aromatic rings. The Labute approximate surface area is 193 Å². The molecule has 7 nitrogen and oxygen atoms in total. The van der Waals surface area contributed by atoms with Gasteiger partial charge in [-0.1, -0.05) is 13.0 Å². The van der Waals surface area contributed by atoms with E-state index in [4.69, 9.17) is 4.74 Å². The smallest absolute Gasteiger partial charge is 0.274 e. The third kappa shape index (κ3) is 4.39. The van der Waals surface area contributed by atoms with Gasteiger partial charge in [0.25, 0.3) is 5.91 Å². The quantitative estimate of drug-likeness (QED) is 0.535. The predicted molar refractivity (Wildman–Crippen MR) is 116 cm³/mol. The maximum absolute atomic E-state index is 14.4. The first-order chi connectivity index (χ1) is 16.2. The average molecular weight is 473 g/mol. The Kier molecular flexibility index (Phi) is 6.65. The summed E-state index contributed by atoms with van der Waals surface area (Å²) in [7, 11) is 0. The van der Waals surface area contributed by atoms with E-state index in [0.717, 1.165) is 30.3 Å². The first kappa shape index (κ1) is 23.8. The highest BCUT2D eigenvalue weighted by Gasteiger charge is 2.41. The Morgan fingerprint density at radius 3 is 2.41 bits per heavy atom. The number of nitrogens with one attached hydrogen (secondary N) is 1. The Balaban J connectivity index is 1.65. The highest BCUT2D eigenvalue weighted by atomic mass is 19.1. The number of rotatable bonds is 4. The van der Waals surface area contributed by atoms with Crippen molar-refractivity contribution >= 4 is 11.6 Å². The lowest BCUT2D eigenvalue weighted by atomic mass is 9.85. The molecule has 0 bridgehead atoms. The number of hydrogen-bond acceptors (Lipinski definition) is 6. The maximum Gasteiger partial charge on any atom is 0.274 e. The summed E-state index contributed by atoms with van der Waals surface area (Å²) in [4.78, 5) is 20.8. The average Bonchev–Trinajstić information content (AvgIpc) is 2.81. The minimum Gasteiger partial charge on any atom is -0.390 e. The van der Waals surface area contributed by atoms with Crippen molar-refractivity contribution < 1.29 is 32.9 Å². The van der Waals surface area contributed by atoms with Crippen molar-refractivity contribution in [1.82, 2.24) is 9.97 Å². The van der Waals surface area contributed by atoms with Gasteiger partial charge in [0.15, 0.2) is 0 Å². The van der Waals surface area contributed by atoms with Crippen LogP contribution in [0.3, 0.4) is 0 Å². The van der Waals surface area contributed by atoms with Gasteiger partial charge in [0.1, 0.15) is 34.9 Å². The van der Waals surface area contributed by atoms with Crippen LogP contribution in [0.2, 0.25) is 0 Å². The molecule has 3 N–H and O–H groups in total. The SMILES string of the molecule is C[C@H]1[C@H](O)[C@H](O)[C@H](C)O[C@@H]1c1ccncc1NC(=O)c1ccc(F)c(-c2c(F)cccc2F)n1. The molecule has 4 rings (SSSR count). The fourth-order valence-corrected chi connectivity index (χ4v) is 3.97. The van der Waals surface area contributed by atoms with E-state index in [9.17, 15) is 28.2 Å². The predicted octanol–water partition coefficient (Wildman–Crippen LogP) is 3.63. The highest BCUT2D eigenvalue weighted by Crippen LogP contribution is 2.39. The van der Waals surface area contributed by atoms with Crippen molar-refractivity contribution in [2.24, 2.45) is 5.92 Å². The lowest BCUT2D eigenvalue weighted by Crippen LogP contribution is -2.49. The van der Waals surface area contributed by atoms with Crippen LogP contribution in [0, 0.1) is 23.4 Å². The van der Waals surface area contributed by atoms with E-state index in [-0.39, 0.29) is 11.4 Å². The number of hydrogen-bond donors (Lipinski definition) is 3. The maximum atomic E-state index is 14.4. The molecule has 0 saturated carbocycles. The van der Waals surface area contributed by atoms with Gasteiger partial charge in [-0.15, -0.1) is 0 Å². The van der Waals surface area contributed by atoms with Crippen LogP contribution in [0.25, 0.3) is 11.3 Å². The van der Waals surface area contributed by atoms with E-state index in [1.54, 1.807) is 19.9 Å². The molecule has 0 radical (unpaired) electrons. The van der Waals surface area contributed by atoms with Crippen LogP contribution in [0.15, 0.2) is 48.8 Å². The summed E-state index contributed by atoms with van der Waals surface area (Å²) < 4.78 is 48.6. The van der Waals surface area contributed by atoms with E-state index >= 15 is 0 Å². The van der Waals surface area contributed by atoms with Gasteiger partial charge >= 0.3 is 0 Å². The number of ether oxygens (including phenoxy) is 1. The van der Waals surface area contributed by atoms with Crippen LogP contribution in [0.5, 0.6) is 0 Å². The molecule has 0 unspecified atom stereocenters. The van der Waals surface area contributed by atoms with Crippen molar-refractivity contribution in [2.75, 3.05) is 5.32 Å². The van der Waals surface area contributed by atoms with Crippen LogP contribution in [-0.4, -0.2) is 44.4 Å². The van der Waals surface area contributed by atoms with E-state index in [0.29, 0.717) is 5.56 Å². The van der Waals surface area contributed by atoms with Crippen LogP contribution < -0.4 is 5.32 Å². The molecule has 2 aromatic heterocycles. The van der Waals surface area contributed by atoms with Crippen molar-refractivity contribution in [1.29, 1.82) is 0 Å². The number of aliphatic hydroxyl groups is 2. The van der Waals surface area contributed by atoms with Crippen molar-refractivity contribution in [3.05, 3.63) is 77.5 Å². The number of amides is 1. The van der Waals surface area contributed by atoms with Gasteiger partial charge in [0.2, 0.25) is 0 Å². The zero-order valence-corrected chi connectivity index (χ0v) is 18.2. The standard InChI is InChI=1S/C24H22F3N3O4/c1-11-21(31)22(32)12(2)34-23(11)13-8-9-28-10-18(13)30-24(33)17-7-6-16(27)20(29-17)19-14(25)4-3-5-15(19)26/h3-12,21-23,31-32H,1-2H3,(H,30,33)/t11-,12-,21-,22+,23-/m0/s1. The summed E-state index contributed by atoms with van der Waals surface area (Å²) in [6.45, 7) is 3.32. The van der Waals surface area contributed by atoms with Gasteiger partial charge < -0.3 is 20.3 Å². The van der Waals surface area contributed by atoms with E-state index in [2.05, 4.69) is 15.3 Å². The first-order valence-electron chi connectivity index (χ1n) is 10.6. The Hall–Kier alpha value is -3.34. The number of carbonyl (C=O) groups is 1. The molecule has 3 heterocycles. The fourth-order valence-electron chi connectivity index (χ4n) is 3.97. The number of benzene rings is 1. The molecule has 34 heavy (non-hydrogen) atoms. The highest BCUT2D eigenvalue weighted by molar-refractivity contribution is 6.03. The number of nitrogens with zero attached hydrogens (tertiary/aromatic N) is 2. The number of aliphatic hydroxyl groups excluding tert-OH is 2. The molecule has 1 aliphatic heterocycles. The molecule has 0 spiro atoms. The summed E-state index contributed by atoms with van der Waals surface area (Å²) in [5.41, 5.74) is -0.858. The topological polar surface area (TPSA) is 105 Å². The van der Waals surface area contributed by atoms with Gasteiger partial charge in [0.05, 0.1) is 35.8 Å². The van der Waals surface area contributed by atoms with Crippen LogP contribution in [0.4, 0.5) is 18.9 Å². The van der Waals surface area contributed by atoms with Crippen LogP contribution >= 0.6 is 0 Å². The van der Waals surface area contributed by atoms with E-state index in [1.165, 1.54) is 12.4 Å². The summed E-state index contributed by atoms with van der Waals surface area (Å²) in [5.74, 6) is -4.31. The number of carbonyl (C=O) groups excluding carboxylic acids is 1. The fraction of sp³-hybridized carbons (Fsp3) is 0.292. The second-order valence-electron chi connectivity index (χ2n) is 8.14. The number of aromatic nitrogens is 2. The Bertz CT molecular complexity index is 1210. The van der Waals surface area contributed by atoms with Crippen molar-refractivity contribution in [3.63, 3.8) is 0 Å². The second-order valence-corrected chi connectivity index (χ2v) is 8.14. The molecule has 1 saturated heterocycles. The van der Waals surface area contributed by atoms with Gasteiger partial charge in [-0.05, 0) is 37.3 Å². The Morgan fingerprint density at radius 1 is 1.00 bits per heavy atom. The molecule has 1 fully saturated rings. The van der Waals surface area contributed by atoms with Crippen molar-refractivity contribution in [3.8, 4) is 11.3 Å². The van der Waals surface area contributed by atoms with Gasteiger partial charge in [-0.2, -0.15) is 0 Å². The van der Waals surface area contributed by atoms with Crippen LogP contribution in [0.1, 0.15) is 36.0 Å². The van der Waals surface area contributed by atoms with Crippen LogP contribution in [-0.2, 0) is 4.74 Å². The summed E-state index contributed by atoms with van der Waals surface area (Å²) >= 11 is 0. The molecule has 1 aliphatic rings. The molecule has 5 atom stereocenters. The summed E-state index contributed by atoms with van der Waals surface area (Å²) in [5, 5.41) is 23.1. The second kappa shape index (κ2) is 9.49. The first-order valence-corrected chi connectivity index (χ1v) is 10.6. The number of halogens is 3. The van der Waals surface area contributed by atoms with Gasteiger partial charge in [-0.25, -0.2) is 18.2 Å². The minimum absolute atomic E-state index is 0.241. The van der Waals surface area contributed by atoms with E-state index in [1.807, 2.05) is 0 Å². The molecule has 0 aliphatic carbocycles. The molecule has 178 valence electrons.